The fraction of sp³-hybridized carbons (Fsp3) is 0.900. The van der Waals surface area contributed by atoms with E-state index in [1.807, 2.05) is 0 Å². The van der Waals surface area contributed by atoms with Gasteiger partial charge in [0.25, 0.3) is 0 Å². The summed E-state index contributed by atoms with van der Waals surface area (Å²) < 4.78 is 0. The molecule has 0 aliphatic carbocycles. The first-order chi connectivity index (χ1) is 9.81. The third-order valence-corrected chi connectivity index (χ3v) is 4.23. The smallest absolute Gasteiger partial charge is 0.0325 e. The van der Waals surface area contributed by atoms with Gasteiger partial charge in [0.1, 0.15) is 0 Å². The number of allylic oxidation sites excluding steroid dienone is 2. The van der Waals surface area contributed by atoms with Crippen LogP contribution in [0.25, 0.3) is 0 Å². The Bertz CT molecular complexity index is 192. The van der Waals surface area contributed by atoms with Crippen LogP contribution in [0.2, 0.25) is 0 Å². The van der Waals surface area contributed by atoms with Crippen molar-refractivity contribution in [1.82, 2.24) is 0 Å². The summed E-state index contributed by atoms with van der Waals surface area (Å²) in [5.74, 6) is 0.887. The van der Waals surface area contributed by atoms with Gasteiger partial charge in [-0.3, -0.25) is 0 Å². The lowest BCUT2D eigenvalue weighted by molar-refractivity contribution is 0.485. The van der Waals surface area contributed by atoms with Crippen LogP contribution >= 0.6 is 0 Å². The summed E-state index contributed by atoms with van der Waals surface area (Å²) in [6.45, 7) is 6.98. The van der Waals surface area contributed by atoms with Gasteiger partial charge in [0.15, 0.2) is 0 Å². The van der Waals surface area contributed by atoms with E-state index < -0.39 is 0 Å². The minimum atomic E-state index is 0.887. The van der Waals surface area contributed by atoms with Crippen LogP contribution in [0.15, 0.2) is 12.2 Å². The standard InChI is InChI=1S/C20H40/c1-4-6-8-10-12-14-16-18-20(3)19-17-15-13-11-9-7-5-2/h14,16,20H,4-13,15,17-19H2,1-3H3. The second-order valence-corrected chi connectivity index (χ2v) is 6.57. The Morgan fingerprint density at radius 3 is 1.85 bits per heavy atom. The predicted molar refractivity (Wildman–Crippen MR) is 94.3 cm³/mol. The zero-order valence-electron chi connectivity index (χ0n) is 14.6. The molecule has 0 aliphatic heterocycles. The first-order valence-electron chi connectivity index (χ1n) is 9.46. The molecule has 0 saturated heterocycles. The van der Waals surface area contributed by atoms with E-state index in [4.69, 9.17) is 0 Å². The van der Waals surface area contributed by atoms with Crippen molar-refractivity contribution in [2.75, 3.05) is 0 Å². The lowest BCUT2D eigenvalue weighted by Crippen LogP contribution is -1.92. The molecule has 0 rings (SSSR count). The van der Waals surface area contributed by atoms with Gasteiger partial charge in [-0.25, -0.2) is 0 Å². The predicted octanol–water partition coefficient (Wildman–Crippen LogP) is 7.68. The highest BCUT2D eigenvalue weighted by Crippen LogP contribution is 2.15. The molecule has 0 aliphatic rings. The van der Waals surface area contributed by atoms with Gasteiger partial charge < -0.3 is 0 Å². The molecule has 0 bridgehead atoms. The Morgan fingerprint density at radius 2 is 1.20 bits per heavy atom. The van der Waals surface area contributed by atoms with Gasteiger partial charge in [-0.15, -0.1) is 0 Å². The second kappa shape index (κ2) is 16.8. The van der Waals surface area contributed by atoms with Gasteiger partial charge >= 0.3 is 0 Å². The third-order valence-electron chi connectivity index (χ3n) is 4.23. The Hall–Kier alpha value is -0.260. The molecule has 1 unspecified atom stereocenters. The Labute approximate surface area is 129 Å². The second-order valence-electron chi connectivity index (χ2n) is 6.57. The highest BCUT2D eigenvalue weighted by molar-refractivity contribution is 4.83. The fourth-order valence-corrected chi connectivity index (χ4v) is 2.70. The molecule has 1 atom stereocenters. The van der Waals surface area contributed by atoms with E-state index in [0.29, 0.717) is 0 Å². The minimum Gasteiger partial charge on any atom is -0.0885 e. The van der Waals surface area contributed by atoms with E-state index in [1.165, 1.54) is 89.9 Å². The average Bonchev–Trinajstić information content (AvgIpc) is 2.45. The van der Waals surface area contributed by atoms with Gasteiger partial charge in [-0.1, -0.05) is 104 Å². The summed E-state index contributed by atoms with van der Waals surface area (Å²) in [4.78, 5) is 0. The molecular formula is C20H40. The molecule has 0 heterocycles. The number of hydrogen-bond donors (Lipinski definition) is 0. The van der Waals surface area contributed by atoms with E-state index in [1.54, 1.807) is 0 Å². The van der Waals surface area contributed by atoms with Crippen LogP contribution in [0.4, 0.5) is 0 Å². The van der Waals surface area contributed by atoms with Crippen LogP contribution in [-0.4, -0.2) is 0 Å². The zero-order valence-corrected chi connectivity index (χ0v) is 14.6. The largest absolute Gasteiger partial charge is 0.0885 e. The zero-order chi connectivity index (χ0) is 14.9. The maximum atomic E-state index is 2.43. The average molecular weight is 281 g/mol. The van der Waals surface area contributed by atoms with Gasteiger partial charge in [-0.05, 0) is 25.2 Å². The van der Waals surface area contributed by atoms with Crippen LogP contribution in [0, 0.1) is 5.92 Å². The maximum Gasteiger partial charge on any atom is -0.0325 e. The van der Waals surface area contributed by atoms with Crippen molar-refractivity contribution < 1.29 is 0 Å². The van der Waals surface area contributed by atoms with Crippen LogP contribution in [0.5, 0.6) is 0 Å². The van der Waals surface area contributed by atoms with E-state index in [2.05, 4.69) is 32.9 Å². The van der Waals surface area contributed by atoms with E-state index in [-0.39, 0.29) is 0 Å². The van der Waals surface area contributed by atoms with Crippen LogP contribution in [0.1, 0.15) is 111 Å². The van der Waals surface area contributed by atoms with Crippen molar-refractivity contribution in [2.45, 2.75) is 111 Å². The number of rotatable bonds is 15. The third kappa shape index (κ3) is 15.8. The van der Waals surface area contributed by atoms with Gasteiger partial charge in [0.2, 0.25) is 0 Å². The molecule has 0 amide bonds. The summed E-state index contributed by atoms with van der Waals surface area (Å²) in [6.07, 6.45) is 24.5. The molecule has 0 aromatic heterocycles. The number of hydrogen-bond acceptors (Lipinski definition) is 0. The Kier molecular flexibility index (Phi) is 16.6. The fourth-order valence-electron chi connectivity index (χ4n) is 2.70. The van der Waals surface area contributed by atoms with Crippen molar-refractivity contribution in [1.29, 1.82) is 0 Å². The monoisotopic (exact) mass is 280 g/mol. The minimum absolute atomic E-state index is 0.887. The quantitative estimate of drug-likeness (QED) is 0.213. The van der Waals surface area contributed by atoms with Crippen molar-refractivity contribution in [3.8, 4) is 0 Å². The van der Waals surface area contributed by atoms with E-state index in [9.17, 15) is 0 Å². The molecule has 0 aromatic carbocycles. The van der Waals surface area contributed by atoms with Crippen molar-refractivity contribution in [3.63, 3.8) is 0 Å². The molecule has 20 heavy (non-hydrogen) atoms. The van der Waals surface area contributed by atoms with E-state index in [0.717, 1.165) is 5.92 Å². The Balaban J connectivity index is 3.23. The first-order valence-corrected chi connectivity index (χ1v) is 9.46. The normalized spacial score (nSPS) is 13.2. The van der Waals surface area contributed by atoms with Crippen molar-refractivity contribution in [3.05, 3.63) is 12.2 Å². The molecule has 0 nitrogen and oxygen atoms in total. The molecule has 0 saturated carbocycles. The summed E-state index contributed by atoms with van der Waals surface area (Å²) >= 11 is 0. The van der Waals surface area contributed by atoms with Gasteiger partial charge in [0.05, 0.1) is 0 Å². The molecule has 0 fully saturated rings. The summed E-state index contributed by atoms with van der Waals surface area (Å²) in [7, 11) is 0. The van der Waals surface area contributed by atoms with Crippen LogP contribution < -0.4 is 0 Å². The topological polar surface area (TPSA) is 0 Å². The highest BCUT2D eigenvalue weighted by Gasteiger charge is 1.99. The van der Waals surface area contributed by atoms with Crippen molar-refractivity contribution >= 4 is 0 Å². The molecule has 120 valence electrons. The number of unbranched alkanes of at least 4 members (excludes halogenated alkanes) is 10. The lowest BCUT2D eigenvalue weighted by Gasteiger charge is -2.08. The molecule has 0 aromatic rings. The van der Waals surface area contributed by atoms with Crippen LogP contribution in [0.3, 0.4) is 0 Å². The first kappa shape index (κ1) is 19.7. The summed E-state index contributed by atoms with van der Waals surface area (Å²) in [5.41, 5.74) is 0. The van der Waals surface area contributed by atoms with Gasteiger partial charge in [-0.2, -0.15) is 0 Å². The highest BCUT2D eigenvalue weighted by atomic mass is 14.1. The Morgan fingerprint density at radius 1 is 0.650 bits per heavy atom. The SMILES string of the molecule is CCCCCCC=CCC(C)CCCCCCCCC. The lowest BCUT2D eigenvalue weighted by atomic mass is 9.98. The molecule has 0 heteroatoms. The van der Waals surface area contributed by atoms with Crippen molar-refractivity contribution in [2.24, 2.45) is 5.92 Å². The molecule has 0 spiro atoms. The van der Waals surface area contributed by atoms with Crippen LogP contribution in [-0.2, 0) is 0 Å². The molecular weight excluding hydrogens is 240 g/mol. The maximum absolute atomic E-state index is 2.43. The summed E-state index contributed by atoms with van der Waals surface area (Å²) in [6, 6.07) is 0. The summed E-state index contributed by atoms with van der Waals surface area (Å²) in [5, 5.41) is 0. The molecule has 0 N–H and O–H groups in total. The molecule has 0 radical (unpaired) electrons. The van der Waals surface area contributed by atoms with E-state index >= 15 is 0 Å². The van der Waals surface area contributed by atoms with Gasteiger partial charge in [0, 0.05) is 0 Å².